The minimum Gasteiger partial charge on any atom is -0.376 e. The van der Waals surface area contributed by atoms with Crippen molar-refractivity contribution in [1.29, 1.82) is 0 Å². The van der Waals surface area contributed by atoms with E-state index >= 15 is 0 Å². The maximum absolute atomic E-state index is 9.68. The van der Waals surface area contributed by atoms with Gasteiger partial charge in [-0.2, -0.15) is 0 Å². The van der Waals surface area contributed by atoms with Crippen LogP contribution in [0.5, 0.6) is 0 Å². The first-order chi connectivity index (χ1) is 5.18. The molecule has 68 valence electrons. The van der Waals surface area contributed by atoms with Crippen molar-refractivity contribution >= 4 is 16.8 Å². The molecule has 0 aromatic heterocycles. The van der Waals surface area contributed by atoms with Crippen molar-refractivity contribution in [2.24, 2.45) is 5.73 Å². The van der Waals surface area contributed by atoms with E-state index in [2.05, 4.69) is 11.7 Å². The molecule has 0 heterocycles. The van der Waals surface area contributed by atoms with E-state index in [0.29, 0.717) is 0 Å². The number of nitrogens with two attached hydrogens (primary N) is 1. The third kappa shape index (κ3) is 25.8. The summed E-state index contributed by atoms with van der Waals surface area (Å²) in [5, 5.41) is -0.461. The quantitative estimate of drug-likeness (QED) is 0.662. The maximum Gasteiger partial charge on any atom is 0.247 e. The van der Waals surface area contributed by atoms with Gasteiger partial charge >= 0.3 is 0 Å². The van der Waals surface area contributed by atoms with E-state index in [-0.39, 0.29) is 6.61 Å². The van der Waals surface area contributed by atoms with Crippen LogP contribution in [0.1, 0.15) is 19.8 Å². The number of hydrogen-bond acceptors (Lipinski definition) is 3. The summed E-state index contributed by atoms with van der Waals surface area (Å²) >= 11 is 4.81. The average molecular weight is 182 g/mol. The van der Waals surface area contributed by atoms with Gasteiger partial charge in [0.2, 0.25) is 5.24 Å². The fourth-order valence-electron chi connectivity index (χ4n) is 0.318. The second-order valence-corrected chi connectivity index (χ2v) is 2.35. The molecule has 0 saturated carbocycles. The van der Waals surface area contributed by atoms with Crippen molar-refractivity contribution in [2.45, 2.75) is 19.8 Å². The van der Waals surface area contributed by atoms with Crippen LogP contribution in [0.3, 0.4) is 0 Å². The molecule has 0 amide bonds. The highest BCUT2D eigenvalue weighted by molar-refractivity contribution is 6.63. The number of hydrogen-bond donors (Lipinski definition) is 1. The molecule has 0 rings (SSSR count). The average Bonchev–Trinajstić information content (AvgIpc) is 1.90. The van der Waals surface area contributed by atoms with Gasteiger partial charge in [0.25, 0.3) is 0 Å². The summed E-state index contributed by atoms with van der Waals surface area (Å²) in [5.74, 6) is 0. The summed E-state index contributed by atoms with van der Waals surface area (Å²) in [6.45, 7) is 2.98. The molecule has 0 saturated heterocycles. The number of rotatable bonds is 4. The van der Waals surface area contributed by atoms with Gasteiger partial charge in [-0.1, -0.05) is 13.3 Å². The van der Waals surface area contributed by atoms with Crippen molar-refractivity contribution in [3.63, 3.8) is 0 Å². The zero-order chi connectivity index (χ0) is 9.11. The van der Waals surface area contributed by atoms with Crippen LogP contribution in [-0.4, -0.2) is 25.5 Å². The number of methoxy groups -OCH3 is 1. The molecule has 11 heavy (non-hydrogen) atoms. The van der Waals surface area contributed by atoms with Crippen molar-refractivity contribution in [2.75, 3.05) is 20.3 Å². The molecule has 0 radical (unpaired) electrons. The second kappa shape index (κ2) is 12.5. The maximum atomic E-state index is 9.68. The number of unbranched alkanes of at least 4 members (excludes halogenated alkanes) is 1. The van der Waals surface area contributed by atoms with E-state index < -0.39 is 5.24 Å². The lowest BCUT2D eigenvalue weighted by Gasteiger charge is -1.82. The Hall–Kier alpha value is -0.120. The van der Waals surface area contributed by atoms with Gasteiger partial charge < -0.3 is 10.5 Å². The van der Waals surface area contributed by atoms with Crippen LogP contribution in [0.2, 0.25) is 0 Å². The third-order valence-corrected chi connectivity index (χ3v) is 0.925. The van der Waals surface area contributed by atoms with Crippen LogP contribution in [-0.2, 0) is 9.53 Å². The van der Waals surface area contributed by atoms with E-state index in [1.165, 1.54) is 20.0 Å². The number of carbonyl (C=O) groups excluding carboxylic acids is 1. The Labute approximate surface area is 72.9 Å². The van der Waals surface area contributed by atoms with Gasteiger partial charge in [0.05, 0.1) is 0 Å². The van der Waals surface area contributed by atoms with Gasteiger partial charge in [-0.25, -0.2) is 0 Å². The first-order valence-corrected chi connectivity index (χ1v) is 3.94. The van der Waals surface area contributed by atoms with Gasteiger partial charge in [-0.05, 0) is 24.6 Å². The molecular weight excluding hydrogens is 166 g/mol. The Morgan fingerprint density at radius 1 is 1.64 bits per heavy atom. The lowest BCUT2D eigenvalue weighted by molar-refractivity contribution is -0.114. The molecule has 0 aliphatic rings. The van der Waals surface area contributed by atoms with Gasteiger partial charge in [-0.15, -0.1) is 0 Å². The fraction of sp³-hybridized carbons (Fsp3) is 0.857. The topological polar surface area (TPSA) is 52.3 Å². The molecule has 0 aliphatic carbocycles. The molecule has 0 fully saturated rings. The first-order valence-electron chi connectivity index (χ1n) is 3.56. The smallest absolute Gasteiger partial charge is 0.247 e. The predicted molar refractivity (Wildman–Crippen MR) is 46.7 cm³/mol. The highest BCUT2D eigenvalue weighted by Gasteiger charge is 1.87. The summed E-state index contributed by atoms with van der Waals surface area (Å²) < 4.78 is 4.32. The monoisotopic (exact) mass is 181 g/mol. The normalized spacial score (nSPS) is 8.36. The van der Waals surface area contributed by atoms with Crippen molar-refractivity contribution in [1.82, 2.24) is 0 Å². The van der Waals surface area contributed by atoms with Crippen molar-refractivity contribution in [3.05, 3.63) is 0 Å². The molecule has 4 heteroatoms. The fourth-order valence-corrected chi connectivity index (χ4v) is 0.427. The molecular formula is C7H16ClNO2. The molecule has 2 N–H and O–H groups in total. The highest BCUT2D eigenvalue weighted by Crippen LogP contribution is 1.77. The number of carbonyl (C=O) groups is 1. The van der Waals surface area contributed by atoms with Crippen LogP contribution in [0.25, 0.3) is 0 Å². The molecule has 3 nitrogen and oxygen atoms in total. The molecule has 0 aromatic carbocycles. The van der Waals surface area contributed by atoms with Crippen LogP contribution < -0.4 is 5.73 Å². The largest absolute Gasteiger partial charge is 0.376 e. The summed E-state index contributed by atoms with van der Waals surface area (Å²) in [5.41, 5.74) is 5.14. The van der Waals surface area contributed by atoms with E-state index in [0.717, 1.165) is 6.54 Å². The third-order valence-electron chi connectivity index (χ3n) is 0.815. The van der Waals surface area contributed by atoms with Crippen LogP contribution >= 0.6 is 11.6 Å². The molecule has 0 spiro atoms. The van der Waals surface area contributed by atoms with E-state index in [4.69, 9.17) is 17.3 Å². The SMILES string of the molecule is CCCCN.COCC(=O)Cl. The Balaban J connectivity index is 0. The Bertz CT molecular complexity index is 86.5. The molecule has 0 bridgehead atoms. The van der Waals surface area contributed by atoms with E-state index in [1.54, 1.807) is 0 Å². The highest BCUT2D eigenvalue weighted by atomic mass is 35.5. The first kappa shape index (κ1) is 13.5. The van der Waals surface area contributed by atoms with E-state index in [1.807, 2.05) is 0 Å². The van der Waals surface area contributed by atoms with Crippen LogP contribution in [0.4, 0.5) is 0 Å². The Kier molecular flexibility index (Phi) is 15.4. The van der Waals surface area contributed by atoms with E-state index in [9.17, 15) is 4.79 Å². The second-order valence-electron chi connectivity index (χ2n) is 1.93. The summed E-state index contributed by atoms with van der Waals surface area (Å²) in [4.78, 5) is 9.68. The van der Waals surface area contributed by atoms with Gasteiger partial charge in [0, 0.05) is 7.11 Å². The molecule has 0 atom stereocenters. The minimum atomic E-state index is -0.461. The standard InChI is InChI=1S/C4H11N.C3H5ClO2/c1-2-3-4-5;1-6-2-3(4)5/h2-5H2,1H3;2H2,1H3. The van der Waals surface area contributed by atoms with Gasteiger partial charge in [-0.3, -0.25) is 4.79 Å². The predicted octanol–water partition coefficient (Wildman–Crippen LogP) is 1.14. The Morgan fingerprint density at radius 2 is 2.18 bits per heavy atom. The lowest BCUT2D eigenvalue weighted by Crippen LogP contribution is -1.95. The van der Waals surface area contributed by atoms with Crippen LogP contribution in [0.15, 0.2) is 0 Å². The van der Waals surface area contributed by atoms with Gasteiger partial charge in [0.15, 0.2) is 0 Å². The summed E-state index contributed by atoms with van der Waals surface area (Å²) in [7, 11) is 1.42. The number of ether oxygens (including phenoxy) is 1. The molecule has 0 aromatic rings. The minimum absolute atomic E-state index is 0.00154. The summed E-state index contributed by atoms with van der Waals surface area (Å²) in [6, 6.07) is 0. The van der Waals surface area contributed by atoms with Crippen LogP contribution in [0, 0.1) is 0 Å². The molecule has 0 unspecified atom stereocenters. The van der Waals surface area contributed by atoms with Crippen molar-refractivity contribution < 1.29 is 9.53 Å². The number of halogens is 1. The Morgan fingerprint density at radius 3 is 2.18 bits per heavy atom. The van der Waals surface area contributed by atoms with Crippen molar-refractivity contribution in [3.8, 4) is 0 Å². The van der Waals surface area contributed by atoms with Gasteiger partial charge in [0.1, 0.15) is 6.61 Å². The zero-order valence-electron chi connectivity index (χ0n) is 7.10. The zero-order valence-corrected chi connectivity index (χ0v) is 7.86. The lowest BCUT2D eigenvalue weighted by atomic mass is 10.3. The summed E-state index contributed by atoms with van der Waals surface area (Å²) in [6.07, 6.45) is 2.39. The molecule has 0 aliphatic heterocycles.